The number of benzene rings is 1. The minimum atomic E-state index is -3.65. The van der Waals surface area contributed by atoms with E-state index in [1.54, 1.807) is 24.3 Å². The third kappa shape index (κ3) is 5.06. The van der Waals surface area contributed by atoms with Crippen LogP contribution in [0.1, 0.15) is 31.7 Å². The van der Waals surface area contributed by atoms with E-state index in [1.165, 1.54) is 0 Å². The van der Waals surface area contributed by atoms with E-state index >= 15 is 0 Å². The van der Waals surface area contributed by atoms with Gasteiger partial charge in [-0.15, -0.1) is 12.3 Å². The predicted molar refractivity (Wildman–Crippen MR) is 76.2 cm³/mol. The van der Waals surface area contributed by atoms with Gasteiger partial charge in [0.15, 0.2) is 0 Å². The Labute approximate surface area is 116 Å². The maximum absolute atomic E-state index is 11.9. The first-order valence-corrected chi connectivity index (χ1v) is 7.80. The summed E-state index contributed by atoms with van der Waals surface area (Å²) in [6.45, 7) is 4.12. The van der Waals surface area contributed by atoms with Crippen molar-refractivity contribution in [1.29, 1.82) is 0 Å². The van der Waals surface area contributed by atoms with E-state index in [-0.39, 0.29) is 11.5 Å². The van der Waals surface area contributed by atoms with E-state index < -0.39 is 10.1 Å². The van der Waals surface area contributed by atoms with Crippen molar-refractivity contribution in [3.05, 3.63) is 29.8 Å². The number of aryl methyl sites for hydroxylation is 1. The van der Waals surface area contributed by atoms with Gasteiger partial charge in [0.1, 0.15) is 0 Å². The van der Waals surface area contributed by atoms with Crippen LogP contribution in [-0.4, -0.2) is 15.0 Å². The second kappa shape index (κ2) is 7.32. The Morgan fingerprint density at radius 1 is 1.32 bits per heavy atom. The molecule has 0 amide bonds. The quantitative estimate of drug-likeness (QED) is 0.569. The van der Waals surface area contributed by atoms with E-state index in [4.69, 9.17) is 10.6 Å². The highest BCUT2D eigenvalue weighted by molar-refractivity contribution is 7.86. The molecule has 0 fully saturated rings. The molecule has 19 heavy (non-hydrogen) atoms. The Bertz CT molecular complexity index is 524. The molecule has 0 aromatic heterocycles. The topological polar surface area (TPSA) is 43.4 Å². The fourth-order valence-electron chi connectivity index (χ4n) is 1.71. The summed E-state index contributed by atoms with van der Waals surface area (Å²) in [5.41, 5.74) is 1.01. The molecule has 1 rings (SSSR count). The van der Waals surface area contributed by atoms with E-state index in [1.807, 2.05) is 13.8 Å². The molecule has 1 aromatic carbocycles. The van der Waals surface area contributed by atoms with E-state index in [2.05, 4.69) is 5.92 Å². The first kappa shape index (κ1) is 15.7. The lowest BCUT2D eigenvalue weighted by Gasteiger charge is -2.11. The molecular formula is C15H20O3S. The number of hydrogen-bond acceptors (Lipinski definition) is 3. The van der Waals surface area contributed by atoms with Crippen LogP contribution < -0.4 is 0 Å². The van der Waals surface area contributed by atoms with Gasteiger partial charge in [-0.25, -0.2) is 0 Å². The maximum atomic E-state index is 11.9. The van der Waals surface area contributed by atoms with Crippen molar-refractivity contribution in [2.24, 2.45) is 5.92 Å². The Hall–Kier alpha value is -1.31. The van der Waals surface area contributed by atoms with Crippen molar-refractivity contribution in [1.82, 2.24) is 0 Å². The second-order valence-corrected chi connectivity index (χ2v) is 6.18. The third-order valence-electron chi connectivity index (χ3n) is 3.06. The first-order valence-electron chi connectivity index (χ1n) is 6.39. The normalized spacial score (nSPS) is 12.9. The summed E-state index contributed by atoms with van der Waals surface area (Å²) in [5.74, 6) is 2.92. The minimum absolute atomic E-state index is 0.177. The van der Waals surface area contributed by atoms with Gasteiger partial charge in [-0.05, 0) is 31.4 Å². The molecule has 104 valence electrons. The molecule has 0 saturated heterocycles. The summed E-state index contributed by atoms with van der Waals surface area (Å²) < 4.78 is 28.9. The molecule has 4 heteroatoms. The van der Waals surface area contributed by atoms with Gasteiger partial charge in [0.05, 0.1) is 11.5 Å². The van der Waals surface area contributed by atoms with Crippen LogP contribution in [-0.2, 0) is 14.3 Å². The summed E-state index contributed by atoms with van der Waals surface area (Å²) in [6, 6.07) is 6.62. The molecule has 1 atom stereocenters. The summed E-state index contributed by atoms with van der Waals surface area (Å²) in [4.78, 5) is 0.197. The largest absolute Gasteiger partial charge is 0.296 e. The Morgan fingerprint density at radius 2 is 1.95 bits per heavy atom. The van der Waals surface area contributed by atoms with Gasteiger partial charge >= 0.3 is 0 Å². The lowest BCUT2D eigenvalue weighted by atomic mass is 10.00. The van der Waals surface area contributed by atoms with E-state index in [0.717, 1.165) is 12.0 Å². The third-order valence-corrected chi connectivity index (χ3v) is 4.38. The van der Waals surface area contributed by atoms with Crippen LogP contribution >= 0.6 is 0 Å². The monoisotopic (exact) mass is 280 g/mol. The van der Waals surface area contributed by atoms with Gasteiger partial charge in [0.25, 0.3) is 10.1 Å². The highest BCUT2D eigenvalue weighted by atomic mass is 32.2. The Kier molecular flexibility index (Phi) is 6.07. The molecule has 0 aliphatic heterocycles. The zero-order chi connectivity index (χ0) is 14.3. The molecule has 1 aromatic rings. The standard InChI is InChI=1S/C15H20O3S/c1-4-6-14(5-2)11-12-18-19(16,17)15-9-7-13(3)8-10-15/h1,7-10,14H,5-6,11-12H2,2-3H3. The number of terminal acetylenes is 1. The van der Waals surface area contributed by atoms with Crippen LogP contribution in [0.15, 0.2) is 29.2 Å². The first-order chi connectivity index (χ1) is 8.99. The van der Waals surface area contributed by atoms with Gasteiger partial charge in [-0.3, -0.25) is 4.18 Å². The molecule has 0 saturated carbocycles. The number of rotatable bonds is 7. The lowest BCUT2D eigenvalue weighted by Crippen LogP contribution is -2.10. The fourth-order valence-corrected chi connectivity index (χ4v) is 2.64. The van der Waals surface area contributed by atoms with Crippen molar-refractivity contribution in [3.63, 3.8) is 0 Å². The van der Waals surface area contributed by atoms with Crippen LogP contribution in [0.25, 0.3) is 0 Å². The Morgan fingerprint density at radius 3 is 2.47 bits per heavy atom. The molecule has 0 radical (unpaired) electrons. The molecule has 0 heterocycles. The predicted octanol–water partition coefficient (Wildman–Crippen LogP) is 3.14. The van der Waals surface area contributed by atoms with Crippen molar-refractivity contribution < 1.29 is 12.6 Å². The molecule has 3 nitrogen and oxygen atoms in total. The summed E-state index contributed by atoms with van der Waals surface area (Å²) in [7, 11) is -3.65. The molecular weight excluding hydrogens is 260 g/mol. The van der Waals surface area contributed by atoms with Crippen molar-refractivity contribution in [2.45, 2.75) is 38.0 Å². The van der Waals surface area contributed by atoms with Gasteiger partial charge < -0.3 is 0 Å². The molecule has 0 N–H and O–H groups in total. The van der Waals surface area contributed by atoms with Crippen LogP contribution in [0, 0.1) is 25.2 Å². The summed E-state index contributed by atoms with van der Waals surface area (Å²) in [5, 5.41) is 0. The molecule has 0 aliphatic carbocycles. The Balaban J connectivity index is 2.56. The minimum Gasteiger partial charge on any atom is -0.266 e. The highest BCUT2D eigenvalue weighted by Gasteiger charge is 2.15. The van der Waals surface area contributed by atoms with Crippen LogP contribution in [0.4, 0.5) is 0 Å². The van der Waals surface area contributed by atoms with Gasteiger partial charge in [-0.2, -0.15) is 8.42 Å². The van der Waals surface area contributed by atoms with Gasteiger partial charge in [-0.1, -0.05) is 31.0 Å². The fraction of sp³-hybridized carbons (Fsp3) is 0.467. The zero-order valence-corrected chi connectivity index (χ0v) is 12.2. The van der Waals surface area contributed by atoms with Crippen LogP contribution in [0.3, 0.4) is 0 Å². The average molecular weight is 280 g/mol. The second-order valence-electron chi connectivity index (χ2n) is 4.56. The zero-order valence-electron chi connectivity index (χ0n) is 11.4. The maximum Gasteiger partial charge on any atom is 0.296 e. The van der Waals surface area contributed by atoms with Crippen molar-refractivity contribution >= 4 is 10.1 Å². The summed E-state index contributed by atoms with van der Waals surface area (Å²) >= 11 is 0. The van der Waals surface area contributed by atoms with Crippen LogP contribution in [0.2, 0.25) is 0 Å². The average Bonchev–Trinajstić information content (AvgIpc) is 2.38. The SMILES string of the molecule is C#CCC(CC)CCOS(=O)(=O)c1ccc(C)cc1. The van der Waals surface area contributed by atoms with E-state index in [9.17, 15) is 8.42 Å². The van der Waals surface area contributed by atoms with Crippen molar-refractivity contribution in [2.75, 3.05) is 6.61 Å². The van der Waals surface area contributed by atoms with Crippen molar-refractivity contribution in [3.8, 4) is 12.3 Å². The van der Waals surface area contributed by atoms with Crippen LogP contribution in [0.5, 0.6) is 0 Å². The smallest absolute Gasteiger partial charge is 0.266 e. The van der Waals surface area contributed by atoms with E-state index in [0.29, 0.717) is 18.8 Å². The summed E-state index contributed by atoms with van der Waals surface area (Å²) in [6.07, 6.45) is 7.50. The molecule has 0 spiro atoms. The molecule has 0 bridgehead atoms. The highest BCUT2D eigenvalue weighted by Crippen LogP contribution is 2.16. The number of hydrogen-bond donors (Lipinski definition) is 0. The molecule has 1 unspecified atom stereocenters. The molecule has 0 aliphatic rings. The van der Waals surface area contributed by atoms with Gasteiger partial charge in [0, 0.05) is 6.42 Å². The lowest BCUT2D eigenvalue weighted by molar-refractivity contribution is 0.280. The van der Waals surface area contributed by atoms with Gasteiger partial charge in [0.2, 0.25) is 0 Å².